The zero-order chi connectivity index (χ0) is 16.9. The molecule has 5 nitrogen and oxygen atoms in total. The van der Waals surface area contributed by atoms with Crippen LogP contribution in [0.1, 0.15) is 5.56 Å². The summed E-state index contributed by atoms with van der Waals surface area (Å²) in [6, 6.07) is 26.0. The van der Waals surface area contributed by atoms with Gasteiger partial charge in [-0.05, 0) is 42.0 Å². The Balaban J connectivity index is 1.39. The van der Waals surface area contributed by atoms with Crippen molar-refractivity contribution in [1.29, 1.82) is 0 Å². The number of nitrogens with one attached hydrogen (secondary N) is 2. The predicted octanol–water partition coefficient (Wildman–Crippen LogP) is 5.02. The molecule has 25 heavy (non-hydrogen) atoms. The number of hydrogen-bond acceptors (Lipinski definition) is 5. The average molecular weight is 328 g/mol. The average Bonchev–Trinajstić information content (AvgIpc) is 3.07. The lowest BCUT2D eigenvalue weighted by Crippen LogP contribution is -1.92. The molecule has 0 atom stereocenters. The van der Waals surface area contributed by atoms with E-state index in [1.807, 2.05) is 78.9 Å². The van der Waals surface area contributed by atoms with E-state index in [4.69, 9.17) is 4.42 Å². The van der Waals surface area contributed by atoms with Crippen molar-refractivity contribution in [2.24, 2.45) is 5.10 Å². The predicted molar refractivity (Wildman–Crippen MR) is 101 cm³/mol. The second-order valence-corrected chi connectivity index (χ2v) is 5.47. The summed E-state index contributed by atoms with van der Waals surface area (Å²) < 4.78 is 5.55. The lowest BCUT2D eigenvalue weighted by atomic mass is 10.2. The Morgan fingerprint density at radius 2 is 1.52 bits per heavy atom. The van der Waals surface area contributed by atoms with Crippen LogP contribution in [0, 0.1) is 0 Å². The number of nitrogens with zero attached hydrogens (tertiary/aromatic N) is 2. The van der Waals surface area contributed by atoms with E-state index in [0.717, 1.165) is 28.0 Å². The monoisotopic (exact) mass is 328 g/mol. The van der Waals surface area contributed by atoms with Gasteiger partial charge in [-0.2, -0.15) is 10.1 Å². The van der Waals surface area contributed by atoms with Crippen molar-refractivity contribution in [3.05, 3.63) is 84.4 Å². The van der Waals surface area contributed by atoms with Gasteiger partial charge in [0.05, 0.1) is 6.21 Å². The molecule has 0 bridgehead atoms. The van der Waals surface area contributed by atoms with E-state index in [0.29, 0.717) is 6.01 Å². The first-order chi connectivity index (χ1) is 12.4. The van der Waals surface area contributed by atoms with Crippen molar-refractivity contribution < 1.29 is 4.42 Å². The van der Waals surface area contributed by atoms with Crippen molar-refractivity contribution in [2.75, 3.05) is 10.7 Å². The van der Waals surface area contributed by atoms with Crippen molar-refractivity contribution in [1.82, 2.24) is 4.98 Å². The van der Waals surface area contributed by atoms with Gasteiger partial charge in [0.1, 0.15) is 5.52 Å². The molecule has 0 aliphatic heterocycles. The van der Waals surface area contributed by atoms with Gasteiger partial charge in [-0.3, -0.25) is 0 Å². The van der Waals surface area contributed by atoms with Gasteiger partial charge in [-0.15, -0.1) is 0 Å². The first kappa shape index (κ1) is 15.0. The summed E-state index contributed by atoms with van der Waals surface area (Å²) in [5.74, 6) is 0. The SMILES string of the molecule is C(=NNc1nc2ccccc2o1)c1ccc(Nc2ccccc2)cc1. The number of hydrogen-bond donors (Lipinski definition) is 2. The number of fused-ring (bicyclic) bond motifs is 1. The molecule has 2 N–H and O–H groups in total. The number of oxazole rings is 1. The van der Waals surface area contributed by atoms with Gasteiger partial charge in [0.15, 0.2) is 5.58 Å². The normalized spacial score (nSPS) is 11.0. The molecule has 0 radical (unpaired) electrons. The van der Waals surface area contributed by atoms with Gasteiger partial charge >= 0.3 is 6.01 Å². The summed E-state index contributed by atoms with van der Waals surface area (Å²) in [7, 11) is 0. The van der Waals surface area contributed by atoms with Crippen LogP contribution in [0.3, 0.4) is 0 Å². The minimum absolute atomic E-state index is 0.375. The second kappa shape index (κ2) is 6.88. The third-order valence-electron chi connectivity index (χ3n) is 3.64. The molecule has 0 fully saturated rings. The maximum absolute atomic E-state index is 5.55. The molecule has 0 aliphatic carbocycles. The molecule has 1 aromatic heterocycles. The molecule has 0 amide bonds. The maximum Gasteiger partial charge on any atom is 0.316 e. The summed E-state index contributed by atoms with van der Waals surface area (Å²) in [6.07, 6.45) is 1.72. The fourth-order valence-electron chi connectivity index (χ4n) is 2.42. The summed E-state index contributed by atoms with van der Waals surface area (Å²) in [5.41, 5.74) is 7.40. The number of rotatable bonds is 5. The van der Waals surface area contributed by atoms with Gasteiger partial charge in [0, 0.05) is 11.4 Å². The van der Waals surface area contributed by atoms with E-state index in [9.17, 15) is 0 Å². The number of benzene rings is 3. The molecule has 4 rings (SSSR count). The maximum atomic E-state index is 5.55. The van der Waals surface area contributed by atoms with Crippen LogP contribution in [0.2, 0.25) is 0 Å². The highest BCUT2D eigenvalue weighted by molar-refractivity contribution is 5.81. The Hall–Kier alpha value is -3.60. The molecular weight excluding hydrogens is 312 g/mol. The van der Waals surface area contributed by atoms with Crippen molar-refractivity contribution in [2.45, 2.75) is 0 Å². The highest BCUT2D eigenvalue weighted by Crippen LogP contribution is 2.18. The lowest BCUT2D eigenvalue weighted by molar-refractivity contribution is 0.617. The number of hydrazone groups is 1. The topological polar surface area (TPSA) is 62.5 Å². The van der Waals surface area contributed by atoms with Crippen molar-refractivity contribution in [3.8, 4) is 0 Å². The van der Waals surface area contributed by atoms with Crippen LogP contribution in [0.5, 0.6) is 0 Å². The van der Waals surface area contributed by atoms with Crippen LogP contribution in [-0.4, -0.2) is 11.2 Å². The van der Waals surface area contributed by atoms with Crippen molar-refractivity contribution >= 4 is 34.7 Å². The van der Waals surface area contributed by atoms with Gasteiger partial charge in [0.25, 0.3) is 0 Å². The molecule has 1 heterocycles. The Morgan fingerprint density at radius 3 is 2.32 bits per heavy atom. The van der Waals surface area contributed by atoms with Gasteiger partial charge in [-0.25, -0.2) is 5.43 Å². The third kappa shape index (κ3) is 3.67. The lowest BCUT2D eigenvalue weighted by Gasteiger charge is -2.05. The minimum atomic E-state index is 0.375. The van der Waals surface area contributed by atoms with E-state index in [-0.39, 0.29) is 0 Å². The third-order valence-corrected chi connectivity index (χ3v) is 3.64. The first-order valence-corrected chi connectivity index (χ1v) is 7.94. The summed E-state index contributed by atoms with van der Waals surface area (Å²) in [6.45, 7) is 0. The molecule has 0 saturated carbocycles. The van der Waals surface area contributed by atoms with Gasteiger partial charge in [0.2, 0.25) is 0 Å². The van der Waals surface area contributed by atoms with E-state index in [1.165, 1.54) is 0 Å². The van der Waals surface area contributed by atoms with E-state index >= 15 is 0 Å². The number of aromatic nitrogens is 1. The highest BCUT2D eigenvalue weighted by atomic mass is 16.4. The van der Waals surface area contributed by atoms with Crippen LogP contribution < -0.4 is 10.7 Å². The molecule has 0 spiro atoms. The fourth-order valence-corrected chi connectivity index (χ4v) is 2.42. The Kier molecular flexibility index (Phi) is 4.12. The molecule has 4 aromatic rings. The molecular formula is C20H16N4O. The van der Waals surface area contributed by atoms with Gasteiger partial charge < -0.3 is 9.73 Å². The van der Waals surface area contributed by atoms with Crippen LogP contribution in [0.4, 0.5) is 17.4 Å². The summed E-state index contributed by atoms with van der Waals surface area (Å²) >= 11 is 0. The second-order valence-electron chi connectivity index (χ2n) is 5.47. The zero-order valence-electron chi connectivity index (χ0n) is 13.4. The molecule has 0 aliphatic rings. The molecule has 5 heteroatoms. The summed E-state index contributed by atoms with van der Waals surface area (Å²) in [4.78, 5) is 4.30. The quantitative estimate of drug-likeness (QED) is 0.399. The van der Waals surface area contributed by atoms with Crippen LogP contribution in [-0.2, 0) is 0 Å². The smallest absolute Gasteiger partial charge is 0.316 e. The largest absolute Gasteiger partial charge is 0.422 e. The van der Waals surface area contributed by atoms with Gasteiger partial charge in [-0.1, -0.05) is 42.5 Å². The van der Waals surface area contributed by atoms with E-state index in [1.54, 1.807) is 6.21 Å². The van der Waals surface area contributed by atoms with E-state index < -0.39 is 0 Å². The summed E-state index contributed by atoms with van der Waals surface area (Å²) in [5, 5.41) is 7.51. The van der Waals surface area contributed by atoms with Crippen molar-refractivity contribution in [3.63, 3.8) is 0 Å². The minimum Gasteiger partial charge on any atom is -0.422 e. The molecule has 0 unspecified atom stereocenters. The number of anilines is 3. The highest BCUT2D eigenvalue weighted by Gasteiger charge is 2.02. The van der Waals surface area contributed by atoms with E-state index in [2.05, 4.69) is 20.8 Å². The Bertz CT molecular complexity index is 958. The van der Waals surface area contributed by atoms with Crippen LogP contribution in [0.15, 0.2) is 88.4 Å². The molecule has 0 saturated heterocycles. The first-order valence-electron chi connectivity index (χ1n) is 7.94. The fraction of sp³-hybridized carbons (Fsp3) is 0. The number of para-hydroxylation sites is 3. The molecule has 122 valence electrons. The van der Waals surface area contributed by atoms with Crippen LogP contribution >= 0.6 is 0 Å². The zero-order valence-corrected chi connectivity index (χ0v) is 13.4. The Morgan fingerprint density at radius 1 is 0.800 bits per heavy atom. The molecule has 3 aromatic carbocycles. The van der Waals surface area contributed by atoms with Crippen LogP contribution in [0.25, 0.3) is 11.1 Å². The standard InChI is InChI=1S/C20H16N4O/c1-2-6-16(7-3-1)22-17-12-10-15(11-13-17)14-21-24-20-23-18-8-4-5-9-19(18)25-20/h1-14,22H,(H,23,24). The Labute approximate surface area is 145 Å².